The molecule has 0 spiro atoms. The fourth-order valence-corrected chi connectivity index (χ4v) is 1.77. The Morgan fingerprint density at radius 2 is 2.36 bits per heavy atom. The van der Waals surface area contributed by atoms with E-state index in [1.165, 1.54) is 5.56 Å². The third-order valence-electron chi connectivity index (χ3n) is 2.63. The van der Waals surface area contributed by atoms with E-state index in [-0.39, 0.29) is 12.2 Å². The fourth-order valence-electron chi connectivity index (χ4n) is 1.77. The van der Waals surface area contributed by atoms with Crippen molar-refractivity contribution in [2.75, 3.05) is 6.54 Å². The van der Waals surface area contributed by atoms with Crippen LogP contribution in [0.3, 0.4) is 0 Å². The Morgan fingerprint density at radius 1 is 1.50 bits per heavy atom. The zero-order valence-corrected chi connectivity index (χ0v) is 8.44. The molecule has 1 fully saturated rings. The minimum absolute atomic E-state index is 0.157. The average Bonchev–Trinajstić information content (AvgIpc) is 2.67. The van der Waals surface area contributed by atoms with Crippen molar-refractivity contribution in [3.05, 3.63) is 29.6 Å². The van der Waals surface area contributed by atoms with Gasteiger partial charge < -0.3 is 10.5 Å². The van der Waals surface area contributed by atoms with Crippen molar-refractivity contribution in [3.63, 3.8) is 0 Å². The molecule has 2 heterocycles. The Morgan fingerprint density at radius 3 is 2.93 bits per heavy atom. The molecule has 2 unspecified atom stereocenters. The van der Waals surface area contributed by atoms with Crippen LogP contribution in [0.15, 0.2) is 18.3 Å². The van der Waals surface area contributed by atoms with Gasteiger partial charge in [0, 0.05) is 12.7 Å². The van der Waals surface area contributed by atoms with Gasteiger partial charge in [0.25, 0.3) is 0 Å². The van der Waals surface area contributed by atoms with Gasteiger partial charge in [0.15, 0.2) is 0 Å². The zero-order valence-electron chi connectivity index (χ0n) is 8.44. The summed E-state index contributed by atoms with van der Waals surface area (Å²) in [4.78, 5) is 4.36. The summed E-state index contributed by atoms with van der Waals surface area (Å²) < 4.78 is 5.75. The summed E-state index contributed by atoms with van der Waals surface area (Å²) in [6.45, 7) is 2.65. The number of hydrogen-bond donors (Lipinski definition) is 1. The highest BCUT2D eigenvalue weighted by molar-refractivity contribution is 5.14. The van der Waals surface area contributed by atoms with Gasteiger partial charge in [0.2, 0.25) is 0 Å². The van der Waals surface area contributed by atoms with Gasteiger partial charge in [-0.3, -0.25) is 4.98 Å². The summed E-state index contributed by atoms with van der Waals surface area (Å²) in [5, 5.41) is 0. The van der Waals surface area contributed by atoms with Gasteiger partial charge in [-0.05, 0) is 31.4 Å². The lowest BCUT2D eigenvalue weighted by atomic mass is 10.1. The summed E-state index contributed by atoms with van der Waals surface area (Å²) in [6, 6.07) is 4.11. The van der Waals surface area contributed by atoms with E-state index in [1.54, 1.807) is 0 Å². The number of nitrogens with two attached hydrogens (primary N) is 1. The molecule has 0 aromatic carbocycles. The Kier molecular flexibility index (Phi) is 2.79. The molecule has 1 saturated heterocycles. The summed E-state index contributed by atoms with van der Waals surface area (Å²) >= 11 is 0. The van der Waals surface area contributed by atoms with E-state index in [9.17, 15) is 0 Å². The molecule has 1 aromatic heterocycles. The first kappa shape index (κ1) is 9.62. The number of rotatable bonds is 2. The Balaban J connectivity index is 2.06. The maximum Gasteiger partial charge on any atom is 0.0999 e. The summed E-state index contributed by atoms with van der Waals surface area (Å²) in [6.07, 6.45) is 4.36. The first-order valence-electron chi connectivity index (χ1n) is 5.07. The van der Waals surface area contributed by atoms with Crippen LogP contribution in [0.4, 0.5) is 0 Å². The van der Waals surface area contributed by atoms with Gasteiger partial charge in [-0.15, -0.1) is 0 Å². The molecule has 3 nitrogen and oxygen atoms in total. The molecule has 2 rings (SSSR count). The van der Waals surface area contributed by atoms with Crippen LogP contribution in [0, 0.1) is 6.92 Å². The van der Waals surface area contributed by atoms with Crippen molar-refractivity contribution in [2.24, 2.45) is 5.73 Å². The molecule has 1 aliphatic heterocycles. The van der Waals surface area contributed by atoms with Crippen LogP contribution < -0.4 is 5.73 Å². The number of aryl methyl sites for hydroxylation is 1. The number of pyridine rings is 1. The van der Waals surface area contributed by atoms with Gasteiger partial charge in [0.1, 0.15) is 0 Å². The minimum Gasteiger partial charge on any atom is -0.367 e. The van der Waals surface area contributed by atoms with Crippen LogP contribution in [0.1, 0.15) is 30.2 Å². The number of aromatic nitrogens is 1. The summed E-state index contributed by atoms with van der Waals surface area (Å²) in [5.74, 6) is 0. The molecule has 0 aliphatic carbocycles. The van der Waals surface area contributed by atoms with Gasteiger partial charge in [-0.1, -0.05) is 6.07 Å². The maximum atomic E-state index is 5.75. The molecule has 0 amide bonds. The maximum absolute atomic E-state index is 5.75. The molecule has 3 heteroatoms. The van der Waals surface area contributed by atoms with Crippen LogP contribution in [0.2, 0.25) is 0 Å². The van der Waals surface area contributed by atoms with E-state index in [0.717, 1.165) is 18.5 Å². The van der Waals surface area contributed by atoms with Crippen molar-refractivity contribution in [1.82, 2.24) is 4.98 Å². The quantitative estimate of drug-likeness (QED) is 0.773. The lowest BCUT2D eigenvalue weighted by molar-refractivity contribution is 0.0474. The van der Waals surface area contributed by atoms with E-state index < -0.39 is 0 Å². The topological polar surface area (TPSA) is 48.1 Å². The molecule has 2 atom stereocenters. The van der Waals surface area contributed by atoms with Crippen LogP contribution in [-0.4, -0.2) is 17.6 Å². The van der Waals surface area contributed by atoms with Crippen LogP contribution in [0.25, 0.3) is 0 Å². The Labute approximate surface area is 84.3 Å². The molecule has 1 aromatic rings. The largest absolute Gasteiger partial charge is 0.367 e. The normalized spacial score (nSPS) is 26.7. The number of hydrogen-bond acceptors (Lipinski definition) is 3. The van der Waals surface area contributed by atoms with E-state index >= 15 is 0 Å². The molecular weight excluding hydrogens is 176 g/mol. The van der Waals surface area contributed by atoms with Crippen molar-refractivity contribution >= 4 is 0 Å². The molecule has 0 radical (unpaired) electrons. The van der Waals surface area contributed by atoms with Gasteiger partial charge >= 0.3 is 0 Å². The molecule has 2 N–H and O–H groups in total. The second kappa shape index (κ2) is 4.07. The van der Waals surface area contributed by atoms with E-state index in [2.05, 4.69) is 11.1 Å². The van der Waals surface area contributed by atoms with Gasteiger partial charge in [-0.2, -0.15) is 0 Å². The van der Waals surface area contributed by atoms with Gasteiger partial charge in [-0.25, -0.2) is 0 Å². The van der Waals surface area contributed by atoms with Crippen molar-refractivity contribution in [1.29, 1.82) is 0 Å². The summed E-state index contributed by atoms with van der Waals surface area (Å²) in [7, 11) is 0. The van der Waals surface area contributed by atoms with Crippen molar-refractivity contribution in [2.45, 2.75) is 32.0 Å². The highest BCUT2D eigenvalue weighted by Crippen LogP contribution is 2.30. The van der Waals surface area contributed by atoms with E-state index in [0.29, 0.717) is 6.54 Å². The van der Waals surface area contributed by atoms with Crippen LogP contribution >= 0.6 is 0 Å². The highest BCUT2D eigenvalue weighted by atomic mass is 16.5. The predicted octanol–water partition coefficient (Wildman–Crippen LogP) is 1.57. The molecule has 0 saturated carbocycles. The second-order valence-electron chi connectivity index (χ2n) is 3.82. The minimum atomic E-state index is 0.157. The third-order valence-corrected chi connectivity index (χ3v) is 2.63. The zero-order chi connectivity index (χ0) is 9.97. The Bertz CT molecular complexity index is 297. The number of nitrogens with zero attached hydrogens (tertiary/aromatic N) is 1. The second-order valence-corrected chi connectivity index (χ2v) is 3.82. The molecule has 76 valence electrons. The van der Waals surface area contributed by atoms with Crippen molar-refractivity contribution in [3.8, 4) is 0 Å². The monoisotopic (exact) mass is 192 g/mol. The average molecular weight is 192 g/mol. The smallest absolute Gasteiger partial charge is 0.0999 e. The van der Waals surface area contributed by atoms with E-state index in [1.807, 2.05) is 19.2 Å². The van der Waals surface area contributed by atoms with E-state index in [4.69, 9.17) is 10.5 Å². The summed E-state index contributed by atoms with van der Waals surface area (Å²) in [5.41, 5.74) is 7.77. The van der Waals surface area contributed by atoms with Crippen LogP contribution in [-0.2, 0) is 4.74 Å². The molecule has 0 bridgehead atoms. The third kappa shape index (κ3) is 1.94. The SMILES string of the molecule is Cc1ccc(C2CCC(CN)O2)nc1. The Hall–Kier alpha value is -0.930. The van der Waals surface area contributed by atoms with Gasteiger partial charge in [0.05, 0.1) is 17.9 Å². The van der Waals surface area contributed by atoms with Crippen LogP contribution in [0.5, 0.6) is 0 Å². The fraction of sp³-hybridized carbons (Fsp3) is 0.545. The lowest BCUT2D eigenvalue weighted by Crippen LogP contribution is -2.18. The highest BCUT2D eigenvalue weighted by Gasteiger charge is 2.25. The molecular formula is C11H16N2O. The predicted molar refractivity (Wildman–Crippen MR) is 54.9 cm³/mol. The lowest BCUT2D eigenvalue weighted by Gasteiger charge is -2.11. The first-order chi connectivity index (χ1) is 6.79. The standard InChI is InChI=1S/C11H16N2O/c1-8-2-4-10(13-7-8)11-5-3-9(6-12)14-11/h2,4,7,9,11H,3,5-6,12H2,1H3. The number of ether oxygens (including phenoxy) is 1. The molecule has 1 aliphatic rings. The van der Waals surface area contributed by atoms with Crippen molar-refractivity contribution < 1.29 is 4.74 Å². The molecule has 14 heavy (non-hydrogen) atoms. The first-order valence-corrected chi connectivity index (χ1v) is 5.07.